The topological polar surface area (TPSA) is 74.6 Å². The molecule has 0 unspecified atom stereocenters. The second-order valence-electron chi connectivity index (χ2n) is 7.77. The van der Waals surface area contributed by atoms with Crippen molar-refractivity contribution in [1.29, 1.82) is 0 Å². The van der Waals surface area contributed by atoms with Crippen LogP contribution >= 0.6 is 11.6 Å². The number of aromatic hydroxyl groups is 2. The molecule has 0 radical (unpaired) electrons. The lowest BCUT2D eigenvalue weighted by Crippen LogP contribution is -2.37. The predicted octanol–water partition coefficient (Wildman–Crippen LogP) is 5.33. The molecule has 0 amide bonds. The lowest BCUT2D eigenvalue weighted by atomic mass is 9.64. The fourth-order valence-corrected chi connectivity index (χ4v) is 3.66. The Morgan fingerprint density at radius 3 is 2.54 bits per heavy atom. The predicted molar refractivity (Wildman–Crippen MR) is 112 cm³/mol. The summed E-state index contributed by atoms with van der Waals surface area (Å²) in [6.07, 6.45) is 10.2. The van der Waals surface area contributed by atoms with E-state index in [1.165, 1.54) is 0 Å². The van der Waals surface area contributed by atoms with Crippen LogP contribution in [-0.4, -0.2) is 22.3 Å². The highest BCUT2D eigenvalue weighted by Gasteiger charge is 2.39. The SMILES string of the molecule is CC(C=C[C@@]1(C)[C@H](C)C=CC(=O)[C@@H]1C)=CCc1c(O)c(Cl)c(C)c(C=O)c1O. The number of halogens is 1. The van der Waals surface area contributed by atoms with E-state index in [-0.39, 0.29) is 57.1 Å². The van der Waals surface area contributed by atoms with Gasteiger partial charge in [-0.05, 0) is 37.8 Å². The maximum Gasteiger partial charge on any atom is 0.159 e. The molecule has 3 atom stereocenters. The van der Waals surface area contributed by atoms with Crippen LogP contribution in [0.2, 0.25) is 5.02 Å². The van der Waals surface area contributed by atoms with Gasteiger partial charge in [-0.2, -0.15) is 0 Å². The van der Waals surface area contributed by atoms with Crippen molar-refractivity contribution in [3.8, 4) is 11.5 Å². The van der Waals surface area contributed by atoms with Crippen molar-refractivity contribution in [2.24, 2.45) is 17.3 Å². The Bertz CT molecular complexity index is 895. The molecule has 0 fully saturated rings. The Morgan fingerprint density at radius 1 is 1.29 bits per heavy atom. The number of rotatable bonds is 5. The lowest BCUT2D eigenvalue weighted by molar-refractivity contribution is -0.121. The molecule has 0 aliphatic heterocycles. The first-order valence-corrected chi connectivity index (χ1v) is 9.68. The summed E-state index contributed by atoms with van der Waals surface area (Å²) in [6.45, 7) is 9.58. The standard InChI is InChI=1S/C23H27ClO4/c1-13(10-11-23(5)14(2)7-9-19(26)16(23)4)6-8-17-21(27)18(12-25)15(3)20(24)22(17)28/h6-7,9-12,14,16,27-28H,8H2,1-5H3/t14-,16+,23+/m1/s1. The van der Waals surface area contributed by atoms with Crippen molar-refractivity contribution >= 4 is 23.7 Å². The van der Waals surface area contributed by atoms with E-state index >= 15 is 0 Å². The van der Waals surface area contributed by atoms with Gasteiger partial charge < -0.3 is 10.2 Å². The van der Waals surface area contributed by atoms with Gasteiger partial charge in [-0.1, -0.05) is 62.2 Å². The number of carbonyl (C=O) groups excluding carboxylic acids is 2. The third-order valence-corrected chi connectivity index (χ3v) is 6.57. The average Bonchev–Trinajstić information content (AvgIpc) is 2.66. The zero-order valence-corrected chi connectivity index (χ0v) is 17.7. The van der Waals surface area contributed by atoms with Crippen molar-refractivity contribution in [1.82, 2.24) is 0 Å². The molecule has 0 saturated carbocycles. The summed E-state index contributed by atoms with van der Waals surface area (Å²) < 4.78 is 0. The summed E-state index contributed by atoms with van der Waals surface area (Å²) in [5.74, 6) is -0.233. The third kappa shape index (κ3) is 3.93. The second kappa shape index (κ2) is 8.36. The molecule has 0 heterocycles. The average molecular weight is 403 g/mol. The maximum absolute atomic E-state index is 12.1. The van der Waals surface area contributed by atoms with E-state index in [1.54, 1.807) is 13.0 Å². The van der Waals surface area contributed by atoms with E-state index in [4.69, 9.17) is 11.6 Å². The minimum absolute atomic E-state index is 0.0687. The van der Waals surface area contributed by atoms with Crippen LogP contribution in [0.1, 0.15) is 49.2 Å². The van der Waals surface area contributed by atoms with E-state index in [0.29, 0.717) is 11.8 Å². The molecule has 150 valence electrons. The quantitative estimate of drug-likeness (QED) is 0.515. The summed E-state index contributed by atoms with van der Waals surface area (Å²) in [5.41, 5.74) is 1.27. The number of allylic oxidation sites excluding steroid dienone is 6. The van der Waals surface area contributed by atoms with Gasteiger partial charge in [0.2, 0.25) is 0 Å². The van der Waals surface area contributed by atoms with Gasteiger partial charge in [0, 0.05) is 16.9 Å². The van der Waals surface area contributed by atoms with Crippen LogP contribution in [0.3, 0.4) is 0 Å². The van der Waals surface area contributed by atoms with Crippen LogP contribution in [0, 0.1) is 24.2 Å². The number of benzene rings is 1. The van der Waals surface area contributed by atoms with E-state index in [0.717, 1.165) is 5.57 Å². The fraction of sp³-hybridized carbons (Fsp3) is 0.391. The number of hydrogen-bond acceptors (Lipinski definition) is 4. The van der Waals surface area contributed by atoms with E-state index < -0.39 is 0 Å². The van der Waals surface area contributed by atoms with Crippen LogP contribution in [-0.2, 0) is 11.2 Å². The third-order valence-electron chi connectivity index (χ3n) is 6.11. The minimum Gasteiger partial charge on any atom is -0.507 e. The van der Waals surface area contributed by atoms with Gasteiger partial charge in [0.1, 0.15) is 11.5 Å². The second-order valence-corrected chi connectivity index (χ2v) is 8.15. The highest BCUT2D eigenvalue weighted by Crippen LogP contribution is 2.42. The molecule has 4 nitrogen and oxygen atoms in total. The molecule has 28 heavy (non-hydrogen) atoms. The van der Waals surface area contributed by atoms with Crippen LogP contribution in [0.5, 0.6) is 11.5 Å². The smallest absolute Gasteiger partial charge is 0.159 e. The molecular formula is C23H27ClO4. The van der Waals surface area contributed by atoms with Crippen molar-refractivity contribution in [3.05, 3.63) is 57.7 Å². The molecular weight excluding hydrogens is 376 g/mol. The molecule has 0 saturated heterocycles. The Hall–Kier alpha value is -2.33. The fourth-order valence-electron chi connectivity index (χ4n) is 3.45. The molecule has 2 N–H and O–H groups in total. The first kappa shape index (κ1) is 22.0. The molecule has 1 aliphatic rings. The summed E-state index contributed by atoms with van der Waals surface area (Å²) in [6, 6.07) is 0. The van der Waals surface area contributed by atoms with Crippen molar-refractivity contribution in [2.45, 2.75) is 41.0 Å². The molecule has 1 aromatic carbocycles. The van der Waals surface area contributed by atoms with Crippen LogP contribution in [0.4, 0.5) is 0 Å². The zero-order valence-electron chi connectivity index (χ0n) is 16.9. The van der Waals surface area contributed by atoms with Gasteiger partial charge in [-0.15, -0.1) is 0 Å². The molecule has 0 bridgehead atoms. The summed E-state index contributed by atoms with van der Waals surface area (Å²) >= 11 is 6.09. The number of ketones is 1. The zero-order chi connectivity index (χ0) is 21.2. The van der Waals surface area contributed by atoms with E-state index in [2.05, 4.69) is 13.8 Å². The number of carbonyl (C=O) groups is 2. The number of aldehydes is 1. The maximum atomic E-state index is 12.1. The molecule has 1 aliphatic carbocycles. The molecule has 5 heteroatoms. The van der Waals surface area contributed by atoms with Crippen LogP contribution in [0.25, 0.3) is 0 Å². The Balaban J connectivity index is 2.30. The Labute approximate surface area is 171 Å². The highest BCUT2D eigenvalue weighted by atomic mass is 35.5. The van der Waals surface area contributed by atoms with Gasteiger partial charge in [0.25, 0.3) is 0 Å². The van der Waals surface area contributed by atoms with Gasteiger partial charge in [0.05, 0.1) is 10.6 Å². The van der Waals surface area contributed by atoms with Crippen LogP contribution in [0.15, 0.2) is 36.0 Å². The summed E-state index contributed by atoms with van der Waals surface area (Å²) in [7, 11) is 0. The van der Waals surface area contributed by atoms with Crippen molar-refractivity contribution in [2.75, 3.05) is 0 Å². The molecule has 0 spiro atoms. The lowest BCUT2D eigenvalue weighted by Gasteiger charge is -2.38. The van der Waals surface area contributed by atoms with E-state index in [9.17, 15) is 19.8 Å². The van der Waals surface area contributed by atoms with Crippen molar-refractivity contribution < 1.29 is 19.8 Å². The van der Waals surface area contributed by atoms with Crippen molar-refractivity contribution in [3.63, 3.8) is 0 Å². The molecule has 1 aromatic rings. The monoisotopic (exact) mass is 402 g/mol. The first-order chi connectivity index (χ1) is 13.0. The number of phenols is 2. The van der Waals surface area contributed by atoms with Gasteiger partial charge in [0.15, 0.2) is 12.1 Å². The minimum atomic E-state index is -0.289. The van der Waals surface area contributed by atoms with Crippen LogP contribution < -0.4 is 0 Å². The summed E-state index contributed by atoms with van der Waals surface area (Å²) in [4.78, 5) is 23.3. The molecule has 2 rings (SSSR count). The Kier molecular flexibility index (Phi) is 6.56. The summed E-state index contributed by atoms with van der Waals surface area (Å²) in [5, 5.41) is 20.7. The highest BCUT2D eigenvalue weighted by molar-refractivity contribution is 6.33. The number of phenolic OH excluding ortho intramolecular Hbond substituents is 2. The van der Waals surface area contributed by atoms with Gasteiger partial charge >= 0.3 is 0 Å². The van der Waals surface area contributed by atoms with E-state index in [1.807, 2.05) is 38.2 Å². The first-order valence-electron chi connectivity index (χ1n) is 9.30. The number of hydrogen-bond donors (Lipinski definition) is 2. The van der Waals surface area contributed by atoms with Gasteiger partial charge in [-0.25, -0.2) is 0 Å². The molecule has 0 aromatic heterocycles. The largest absolute Gasteiger partial charge is 0.507 e. The van der Waals surface area contributed by atoms with Gasteiger partial charge in [-0.3, -0.25) is 9.59 Å². The Morgan fingerprint density at radius 2 is 1.93 bits per heavy atom. The normalized spacial score (nSPS) is 25.5.